The third-order valence-electron chi connectivity index (χ3n) is 6.96. The number of urea groups is 1. The molecule has 1 aromatic carbocycles. The Labute approximate surface area is 255 Å². The van der Waals surface area contributed by atoms with E-state index in [4.69, 9.17) is 24.7 Å². The second-order valence-electron chi connectivity index (χ2n) is 11.9. The van der Waals surface area contributed by atoms with Crippen molar-refractivity contribution < 1.29 is 42.6 Å². The lowest BCUT2D eigenvalue weighted by Crippen LogP contribution is -2.61. The fraction of sp³-hybridized carbons (Fsp3) is 0.667. The van der Waals surface area contributed by atoms with Crippen molar-refractivity contribution in [2.24, 2.45) is 5.73 Å². The van der Waals surface area contributed by atoms with E-state index in [2.05, 4.69) is 12.4 Å². The first-order valence-corrected chi connectivity index (χ1v) is 14.8. The van der Waals surface area contributed by atoms with Crippen LogP contribution < -0.4 is 11.1 Å². The van der Waals surface area contributed by atoms with Gasteiger partial charge in [-0.25, -0.2) is 4.79 Å². The van der Waals surface area contributed by atoms with E-state index in [1.807, 2.05) is 20.8 Å². The van der Waals surface area contributed by atoms with Gasteiger partial charge in [-0.15, -0.1) is 0 Å². The van der Waals surface area contributed by atoms with Crippen molar-refractivity contribution in [2.45, 2.75) is 32.8 Å². The lowest BCUT2D eigenvalue weighted by molar-refractivity contribution is -0.912. The number of ether oxygens (including phenoxy) is 4. The molecule has 1 aromatic rings. The number of esters is 1. The standard InChI is InChI=1S/C30H49N5O8/c1-30(2,3)43-26(36)9-17-40-19-21-42-22-20-41-18-10-32-29(39)34-12-15-35(5,16-13-34)14-11-33(4)28(38)25-8-6-7-24(23-25)27(31)37/h6-8,23H,9-22H2,1-5H3,(H2-,31,32,37,39)/p+1. The van der Waals surface area contributed by atoms with E-state index >= 15 is 0 Å². The molecule has 4 amide bonds. The quantitative estimate of drug-likeness (QED) is 0.152. The molecule has 2 rings (SSSR count). The highest BCUT2D eigenvalue weighted by molar-refractivity contribution is 5.99. The van der Waals surface area contributed by atoms with Gasteiger partial charge in [-0.1, -0.05) is 6.07 Å². The fourth-order valence-electron chi connectivity index (χ4n) is 4.33. The second kappa shape index (κ2) is 17.8. The van der Waals surface area contributed by atoms with Gasteiger partial charge in [0.1, 0.15) is 5.60 Å². The van der Waals surface area contributed by atoms with Gasteiger partial charge < -0.3 is 44.3 Å². The molecule has 1 heterocycles. The molecule has 13 heteroatoms. The summed E-state index contributed by atoms with van der Waals surface area (Å²) in [7, 11) is 3.88. The Morgan fingerprint density at radius 2 is 1.53 bits per heavy atom. The molecule has 0 aromatic heterocycles. The number of carbonyl (C=O) groups excluding carboxylic acids is 4. The molecule has 0 atom stereocenters. The van der Waals surface area contributed by atoms with Gasteiger partial charge in [0.15, 0.2) is 0 Å². The topological polar surface area (TPSA) is 150 Å². The molecule has 3 N–H and O–H groups in total. The van der Waals surface area contributed by atoms with Gasteiger partial charge in [0, 0.05) is 24.7 Å². The number of primary amides is 1. The minimum Gasteiger partial charge on any atom is -0.460 e. The van der Waals surface area contributed by atoms with Crippen molar-refractivity contribution in [1.29, 1.82) is 0 Å². The summed E-state index contributed by atoms with van der Waals surface area (Å²) >= 11 is 0. The largest absolute Gasteiger partial charge is 0.460 e. The molecule has 43 heavy (non-hydrogen) atoms. The van der Waals surface area contributed by atoms with Crippen LogP contribution in [0.3, 0.4) is 0 Å². The van der Waals surface area contributed by atoms with Crippen LogP contribution in [0.15, 0.2) is 24.3 Å². The number of nitrogens with zero attached hydrogens (tertiary/aromatic N) is 3. The van der Waals surface area contributed by atoms with E-state index in [0.717, 1.165) is 24.1 Å². The monoisotopic (exact) mass is 608 g/mol. The van der Waals surface area contributed by atoms with E-state index in [-0.39, 0.29) is 30.9 Å². The third kappa shape index (κ3) is 14.2. The molecule has 0 radical (unpaired) electrons. The second-order valence-corrected chi connectivity index (χ2v) is 11.9. The third-order valence-corrected chi connectivity index (χ3v) is 6.96. The fourth-order valence-corrected chi connectivity index (χ4v) is 4.33. The van der Waals surface area contributed by atoms with Crippen LogP contribution in [-0.2, 0) is 23.7 Å². The van der Waals surface area contributed by atoms with Crippen LogP contribution in [0.25, 0.3) is 0 Å². The highest BCUT2D eigenvalue weighted by atomic mass is 16.6. The van der Waals surface area contributed by atoms with Gasteiger partial charge in [0.05, 0.1) is 92.4 Å². The van der Waals surface area contributed by atoms with Crippen LogP contribution >= 0.6 is 0 Å². The Bertz CT molecular complexity index is 1050. The molecule has 242 valence electrons. The minimum absolute atomic E-state index is 0.115. The number of amides is 4. The maximum Gasteiger partial charge on any atom is 0.317 e. The van der Waals surface area contributed by atoms with E-state index < -0.39 is 11.5 Å². The van der Waals surface area contributed by atoms with Crippen LogP contribution in [0.2, 0.25) is 0 Å². The first kappa shape index (κ1) is 35.9. The van der Waals surface area contributed by atoms with Crippen LogP contribution in [-0.4, -0.2) is 143 Å². The molecule has 0 spiro atoms. The van der Waals surface area contributed by atoms with Crippen molar-refractivity contribution in [3.8, 4) is 0 Å². The highest BCUT2D eigenvalue weighted by Crippen LogP contribution is 2.12. The zero-order valence-corrected chi connectivity index (χ0v) is 26.4. The molecule has 1 fully saturated rings. The zero-order chi connectivity index (χ0) is 31.9. The van der Waals surface area contributed by atoms with Gasteiger partial charge in [0.2, 0.25) is 5.91 Å². The predicted octanol–water partition coefficient (Wildman–Crippen LogP) is 1.11. The van der Waals surface area contributed by atoms with Crippen LogP contribution in [0.5, 0.6) is 0 Å². The number of nitrogens with two attached hydrogens (primary N) is 1. The molecule has 1 aliphatic heterocycles. The van der Waals surface area contributed by atoms with Crippen molar-refractivity contribution in [3.63, 3.8) is 0 Å². The van der Waals surface area contributed by atoms with Gasteiger partial charge in [-0.2, -0.15) is 0 Å². The average Bonchev–Trinajstić information content (AvgIpc) is 2.95. The summed E-state index contributed by atoms with van der Waals surface area (Å²) in [5.41, 5.74) is 5.57. The van der Waals surface area contributed by atoms with Gasteiger partial charge in [-0.05, 0) is 39.0 Å². The Balaban J connectivity index is 1.51. The summed E-state index contributed by atoms with van der Waals surface area (Å²) in [6.45, 7) is 12.3. The number of hydrogen-bond donors (Lipinski definition) is 2. The maximum absolute atomic E-state index is 12.8. The molecule has 0 aliphatic carbocycles. The number of benzene rings is 1. The first-order chi connectivity index (χ1) is 20.3. The summed E-state index contributed by atoms with van der Waals surface area (Å²) in [4.78, 5) is 51.9. The number of hydrogen-bond acceptors (Lipinski definition) is 8. The smallest absolute Gasteiger partial charge is 0.317 e. The molecule has 0 bridgehead atoms. The molecule has 13 nitrogen and oxygen atoms in total. The molecular weight excluding hydrogens is 558 g/mol. The lowest BCUT2D eigenvalue weighted by atomic mass is 10.1. The Kier molecular flexibility index (Phi) is 14.8. The van der Waals surface area contributed by atoms with Crippen molar-refractivity contribution in [2.75, 3.05) is 99.5 Å². The summed E-state index contributed by atoms with van der Waals surface area (Å²) in [5, 5.41) is 2.89. The number of rotatable bonds is 17. The lowest BCUT2D eigenvalue weighted by Gasteiger charge is -2.42. The Hall–Kier alpha value is -3.26. The SMILES string of the molecule is CN(CC[N+]1(C)CCN(C(=O)NCCOCCOCCOCCC(=O)OC(C)(C)C)CC1)C(=O)c1cccc(C(N)=O)c1. The summed E-state index contributed by atoms with van der Waals surface area (Å²) in [6, 6.07) is 6.31. The number of carbonyl (C=O) groups is 4. The van der Waals surface area contributed by atoms with Crippen LogP contribution in [0.1, 0.15) is 47.9 Å². The first-order valence-electron chi connectivity index (χ1n) is 14.8. The summed E-state index contributed by atoms with van der Waals surface area (Å²) in [5.74, 6) is -1.02. The Morgan fingerprint density at radius 3 is 2.14 bits per heavy atom. The van der Waals surface area contributed by atoms with Gasteiger partial charge in [-0.3, -0.25) is 14.4 Å². The molecule has 0 unspecified atom stereocenters. The number of likely N-dealkylation sites (N-methyl/N-ethyl adjacent to an activating group) is 2. The van der Waals surface area contributed by atoms with Crippen molar-refractivity contribution in [1.82, 2.24) is 15.1 Å². The van der Waals surface area contributed by atoms with Crippen molar-refractivity contribution >= 4 is 23.8 Å². The number of quaternary nitrogens is 1. The van der Waals surface area contributed by atoms with E-state index in [1.54, 1.807) is 35.0 Å². The molecule has 1 saturated heterocycles. The van der Waals surface area contributed by atoms with E-state index in [9.17, 15) is 19.2 Å². The molecule has 0 saturated carbocycles. The normalized spacial score (nSPS) is 14.7. The Morgan fingerprint density at radius 1 is 0.953 bits per heavy atom. The highest BCUT2D eigenvalue weighted by Gasteiger charge is 2.31. The van der Waals surface area contributed by atoms with Gasteiger partial charge in [0.25, 0.3) is 5.91 Å². The van der Waals surface area contributed by atoms with E-state index in [1.165, 1.54) is 6.07 Å². The van der Waals surface area contributed by atoms with Crippen LogP contribution in [0.4, 0.5) is 4.79 Å². The van der Waals surface area contributed by atoms with E-state index in [0.29, 0.717) is 70.3 Å². The van der Waals surface area contributed by atoms with Crippen LogP contribution in [0, 0.1) is 0 Å². The van der Waals surface area contributed by atoms with Crippen molar-refractivity contribution in [3.05, 3.63) is 35.4 Å². The molecule has 1 aliphatic rings. The number of nitrogens with one attached hydrogen (secondary N) is 1. The molecular formula is C30H50N5O8+. The average molecular weight is 609 g/mol. The minimum atomic E-state index is -0.567. The number of piperazine rings is 1. The summed E-state index contributed by atoms with van der Waals surface area (Å²) < 4.78 is 22.3. The maximum atomic E-state index is 12.8. The predicted molar refractivity (Wildman–Crippen MR) is 161 cm³/mol. The summed E-state index contributed by atoms with van der Waals surface area (Å²) in [6.07, 6.45) is 0.208. The van der Waals surface area contributed by atoms with Gasteiger partial charge >= 0.3 is 12.0 Å². The zero-order valence-electron chi connectivity index (χ0n) is 26.4.